The van der Waals surface area contributed by atoms with Crippen LogP contribution in [0.25, 0.3) is 0 Å². The van der Waals surface area contributed by atoms with Crippen LogP contribution >= 0.6 is 0 Å². The molecular formula is C7H11N3O2. The number of rotatable bonds is 2. The summed E-state index contributed by atoms with van der Waals surface area (Å²) in [6.07, 6.45) is 1.24. The largest absolute Gasteiger partial charge is 0.383 e. The minimum atomic E-state index is -0.399. The van der Waals surface area contributed by atoms with Crippen LogP contribution in [0, 0.1) is 0 Å². The summed E-state index contributed by atoms with van der Waals surface area (Å²) in [7, 11) is 1.52. The molecule has 1 unspecified atom stereocenters. The summed E-state index contributed by atoms with van der Waals surface area (Å²) in [4.78, 5) is 14.7. The van der Waals surface area contributed by atoms with E-state index in [9.17, 15) is 4.79 Å². The Morgan fingerprint density at radius 2 is 2.42 bits per heavy atom. The molecule has 0 saturated heterocycles. The molecule has 5 nitrogen and oxygen atoms in total. The zero-order valence-corrected chi connectivity index (χ0v) is 7.02. The topological polar surface area (TPSA) is 70.1 Å². The van der Waals surface area contributed by atoms with Gasteiger partial charge in [0.15, 0.2) is 0 Å². The molecule has 1 rings (SSSR count). The average molecular weight is 169 g/mol. The van der Waals surface area contributed by atoms with Gasteiger partial charge in [-0.1, -0.05) is 0 Å². The zero-order valence-electron chi connectivity index (χ0n) is 7.02. The highest BCUT2D eigenvalue weighted by molar-refractivity contribution is 5.23. The molecule has 0 saturated carbocycles. The van der Waals surface area contributed by atoms with Crippen molar-refractivity contribution in [3.63, 3.8) is 0 Å². The van der Waals surface area contributed by atoms with Crippen LogP contribution in [-0.4, -0.2) is 16.7 Å². The molecule has 0 radical (unpaired) electrons. The first kappa shape index (κ1) is 8.73. The van der Waals surface area contributed by atoms with Gasteiger partial charge >= 0.3 is 5.69 Å². The van der Waals surface area contributed by atoms with Crippen LogP contribution < -0.4 is 11.4 Å². The maximum absolute atomic E-state index is 11.1. The fourth-order valence-corrected chi connectivity index (χ4v) is 0.816. The minimum absolute atomic E-state index is 0.222. The van der Waals surface area contributed by atoms with Crippen LogP contribution in [0.4, 0.5) is 5.82 Å². The van der Waals surface area contributed by atoms with Gasteiger partial charge in [-0.3, -0.25) is 4.57 Å². The summed E-state index contributed by atoms with van der Waals surface area (Å²) < 4.78 is 6.30. The van der Waals surface area contributed by atoms with Gasteiger partial charge in [-0.05, 0) is 13.0 Å². The monoisotopic (exact) mass is 169 g/mol. The lowest BCUT2D eigenvalue weighted by Crippen LogP contribution is -2.26. The highest BCUT2D eigenvalue weighted by Gasteiger charge is 2.04. The van der Waals surface area contributed by atoms with E-state index in [4.69, 9.17) is 10.5 Å². The highest BCUT2D eigenvalue weighted by Crippen LogP contribution is 2.01. The number of aromatic nitrogens is 2. The average Bonchev–Trinajstić information content (AvgIpc) is 2.03. The second kappa shape index (κ2) is 3.36. The number of anilines is 1. The Morgan fingerprint density at radius 3 is 2.92 bits per heavy atom. The smallest absolute Gasteiger partial charge is 0.351 e. The number of hydrogen-bond acceptors (Lipinski definition) is 4. The second-order valence-corrected chi connectivity index (χ2v) is 2.38. The van der Waals surface area contributed by atoms with Gasteiger partial charge in [0, 0.05) is 13.3 Å². The Morgan fingerprint density at radius 1 is 1.75 bits per heavy atom. The van der Waals surface area contributed by atoms with Crippen LogP contribution in [0.1, 0.15) is 13.2 Å². The molecule has 1 aromatic rings. The van der Waals surface area contributed by atoms with Crippen molar-refractivity contribution < 1.29 is 4.74 Å². The molecule has 66 valence electrons. The van der Waals surface area contributed by atoms with Crippen molar-refractivity contribution in [1.82, 2.24) is 9.55 Å². The van der Waals surface area contributed by atoms with Crippen LogP contribution in [0.3, 0.4) is 0 Å². The number of methoxy groups -OCH3 is 1. The molecule has 1 atom stereocenters. The van der Waals surface area contributed by atoms with E-state index in [1.54, 1.807) is 19.2 Å². The summed E-state index contributed by atoms with van der Waals surface area (Å²) in [5.74, 6) is 0.222. The molecule has 0 amide bonds. The Labute approximate surface area is 69.8 Å². The third-order valence-electron chi connectivity index (χ3n) is 1.58. The first-order valence-electron chi connectivity index (χ1n) is 3.52. The number of nitrogens with two attached hydrogens (primary N) is 1. The van der Waals surface area contributed by atoms with Gasteiger partial charge in [0.1, 0.15) is 12.0 Å². The van der Waals surface area contributed by atoms with E-state index in [1.807, 2.05) is 0 Å². The predicted octanol–water partition coefficient (Wildman–Crippen LogP) is -0.00960. The van der Waals surface area contributed by atoms with Crippen LogP contribution in [0.2, 0.25) is 0 Å². The third-order valence-corrected chi connectivity index (χ3v) is 1.58. The lowest BCUT2D eigenvalue weighted by atomic mass is 10.5. The van der Waals surface area contributed by atoms with Crippen molar-refractivity contribution in [2.24, 2.45) is 0 Å². The fourth-order valence-electron chi connectivity index (χ4n) is 0.816. The van der Waals surface area contributed by atoms with Gasteiger partial charge in [-0.2, -0.15) is 4.98 Å². The molecule has 0 bridgehead atoms. The summed E-state index contributed by atoms with van der Waals surface area (Å²) in [6, 6.07) is 1.55. The summed E-state index contributed by atoms with van der Waals surface area (Å²) >= 11 is 0. The van der Waals surface area contributed by atoms with Crippen LogP contribution in [-0.2, 0) is 4.74 Å². The Balaban J connectivity index is 3.10. The number of nitrogen functional groups attached to an aromatic ring is 1. The van der Waals surface area contributed by atoms with Crippen molar-refractivity contribution in [1.29, 1.82) is 0 Å². The van der Waals surface area contributed by atoms with Gasteiger partial charge in [0.05, 0.1) is 0 Å². The summed E-state index contributed by atoms with van der Waals surface area (Å²) in [5.41, 5.74) is 4.91. The van der Waals surface area contributed by atoms with E-state index in [0.717, 1.165) is 0 Å². The van der Waals surface area contributed by atoms with Crippen molar-refractivity contribution in [3.8, 4) is 0 Å². The molecule has 2 N–H and O–H groups in total. The lowest BCUT2D eigenvalue weighted by Gasteiger charge is -2.11. The third kappa shape index (κ3) is 1.62. The summed E-state index contributed by atoms with van der Waals surface area (Å²) in [6.45, 7) is 1.75. The fraction of sp³-hybridized carbons (Fsp3) is 0.429. The molecular weight excluding hydrogens is 158 g/mol. The Bertz CT molecular complexity index is 321. The second-order valence-electron chi connectivity index (χ2n) is 2.38. The summed E-state index contributed by atoms with van der Waals surface area (Å²) in [5, 5.41) is 0. The molecule has 1 heterocycles. The zero-order chi connectivity index (χ0) is 9.14. The molecule has 0 spiro atoms. The molecule has 0 aromatic carbocycles. The van der Waals surface area contributed by atoms with Gasteiger partial charge < -0.3 is 10.5 Å². The molecule has 0 aliphatic heterocycles. The van der Waals surface area contributed by atoms with Crippen LogP contribution in [0.5, 0.6) is 0 Å². The van der Waals surface area contributed by atoms with Gasteiger partial charge in [0.2, 0.25) is 0 Å². The van der Waals surface area contributed by atoms with Crippen molar-refractivity contribution in [3.05, 3.63) is 22.7 Å². The maximum atomic E-state index is 11.1. The van der Waals surface area contributed by atoms with E-state index in [2.05, 4.69) is 4.98 Å². The van der Waals surface area contributed by atoms with Crippen molar-refractivity contribution in [2.45, 2.75) is 13.2 Å². The quantitative estimate of drug-likeness (QED) is 0.676. The number of nitrogens with zero attached hydrogens (tertiary/aromatic N) is 2. The molecule has 0 aliphatic carbocycles. The van der Waals surface area contributed by atoms with E-state index in [-0.39, 0.29) is 12.0 Å². The van der Waals surface area contributed by atoms with E-state index >= 15 is 0 Å². The Hall–Kier alpha value is -1.36. The molecule has 0 aliphatic rings. The maximum Gasteiger partial charge on any atom is 0.351 e. The number of hydrogen-bond donors (Lipinski definition) is 1. The standard InChI is InChI=1S/C7H11N3O2/c1-5(12-2)10-4-3-6(8)9-7(10)11/h3-5H,1-2H3,(H2,8,9,11). The SMILES string of the molecule is COC(C)n1ccc(N)nc1=O. The first-order valence-corrected chi connectivity index (χ1v) is 3.52. The van der Waals surface area contributed by atoms with E-state index in [0.29, 0.717) is 0 Å². The van der Waals surface area contributed by atoms with Gasteiger partial charge in [-0.25, -0.2) is 4.79 Å². The van der Waals surface area contributed by atoms with E-state index in [1.165, 1.54) is 11.7 Å². The highest BCUT2D eigenvalue weighted by atomic mass is 16.5. The first-order chi connectivity index (χ1) is 5.65. The molecule has 12 heavy (non-hydrogen) atoms. The normalized spacial score (nSPS) is 12.8. The molecule has 5 heteroatoms. The van der Waals surface area contributed by atoms with Crippen molar-refractivity contribution >= 4 is 5.82 Å². The predicted molar refractivity (Wildman–Crippen MR) is 44.6 cm³/mol. The van der Waals surface area contributed by atoms with Gasteiger partial charge in [-0.15, -0.1) is 0 Å². The lowest BCUT2D eigenvalue weighted by molar-refractivity contribution is 0.0564. The van der Waals surface area contributed by atoms with E-state index < -0.39 is 5.69 Å². The molecule has 1 aromatic heterocycles. The van der Waals surface area contributed by atoms with Crippen molar-refractivity contribution in [2.75, 3.05) is 12.8 Å². The number of ether oxygens (including phenoxy) is 1. The molecule has 0 fully saturated rings. The van der Waals surface area contributed by atoms with Gasteiger partial charge in [0.25, 0.3) is 0 Å². The minimum Gasteiger partial charge on any atom is -0.383 e. The van der Waals surface area contributed by atoms with Crippen LogP contribution in [0.15, 0.2) is 17.1 Å². The Kier molecular flexibility index (Phi) is 2.44.